The fraction of sp³-hybridized carbons (Fsp3) is 0.154. The molecule has 0 saturated heterocycles. The molecule has 1 aromatic carbocycles. The molecule has 0 atom stereocenters. The molecule has 20 heavy (non-hydrogen) atoms. The molecule has 1 heterocycles. The van der Waals surface area contributed by atoms with Crippen LogP contribution in [0.3, 0.4) is 0 Å². The maximum Gasteiger partial charge on any atom is 0.239 e. The highest BCUT2D eigenvalue weighted by Gasteiger charge is 2.07. The molecule has 2 aromatic rings. The van der Waals surface area contributed by atoms with Crippen molar-refractivity contribution in [2.45, 2.75) is 11.3 Å². The smallest absolute Gasteiger partial charge is 0.239 e. The van der Waals surface area contributed by atoms with Gasteiger partial charge in [-0.25, -0.2) is 18.5 Å². The van der Waals surface area contributed by atoms with Crippen LogP contribution in [-0.2, 0) is 16.4 Å². The molecule has 0 fully saturated rings. The van der Waals surface area contributed by atoms with Crippen molar-refractivity contribution in [3.8, 4) is 0 Å². The molecule has 6 nitrogen and oxygen atoms in total. The van der Waals surface area contributed by atoms with Gasteiger partial charge in [0, 0.05) is 11.9 Å². The Hall–Kier alpha value is -1.96. The van der Waals surface area contributed by atoms with E-state index in [-0.39, 0.29) is 4.90 Å². The number of nitrogens with zero attached hydrogens (tertiary/aromatic N) is 1. The summed E-state index contributed by atoms with van der Waals surface area (Å²) >= 11 is 0. The van der Waals surface area contributed by atoms with E-state index in [4.69, 9.17) is 10.9 Å². The molecular formula is C13H16N4O2S. The zero-order valence-electron chi connectivity index (χ0n) is 10.8. The quantitative estimate of drug-likeness (QED) is 0.760. The van der Waals surface area contributed by atoms with Gasteiger partial charge in [0.2, 0.25) is 10.0 Å². The van der Waals surface area contributed by atoms with Gasteiger partial charge in [-0.15, -0.1) is 0 Å². The summed E-state index contributed by atoms with van der Waals surface area (Å²) in [5.41, 5.74) is 7.51. The summed E-state index contributed by atoms with van der Waals surface area (Å²) in [6.45, 7) is 0.614. The van der Waals surface area contributed by atoms with Crippen molar-refractivity contribution >= 4 is 21.5 Å². The van der Waals surface area contributed by atoms with Crippen molar-refractivity contribution in [3.05, 3.63) is 48.2 Å². The number of nitrogens with two attached hydrogens (primary N) is 2. The molecular weight excluding hydrogens is 276 g/mol. The van der Waals surface area contributed by atoms with Crippen LogP contribution in [0.1, 0.15) is 5.56 Å². The molecule has 0 saturated carbocycles. The lowest BCUT2D eigenvalue weighted by Gasteiger charge is -2.07. The Labute approximate surface area is 117 Å². The number of benzene rings is 1. The topological polar surface area (TPSA) is 111 Å². The maximum absolute atomic E-state index is 11.1. The summed E-state index contributed by atoms with van der Waals surface area (Å²) < 4.78 is 22.2. The third-order valence-electron chi connectivity index (χ3n) is 2.72. The maximum atomic E-state index is 11.1. The van der Waals surface area contributed by atoms with Gasteiger partial charge >= 0.3 is 0 Å². The molecule has 0 aliphatic carbocycles. The van der Waals surface area contributed by atoms with Crippen molar-refractivity contribution in [2.24, 2.45) is 10.9 Å². The van der Waals surface area contributed by atoms with Gasteiger partial charge in [0.15, 0.2) is 0 Å². The minimum Gasteiger partial charge on any atom is -0.340 e. The van der Waals surface area contributed by atoms with Crippen LogP contribution in [0, 0.1) is 0 Å². The van der Waals surface area contributed by atoms with Gasteiger partial charge in [-0.3, -0.25) is 0 Å². The minimum atomic E-state index is -3.71. The van der Waals surface area contributed by atoms with E-state index in [2.05, 4.69) is 10.3 Å². The number of nitrogens with one attached hydrogen (secondary N) is 1. The van der Waals surface area contributed by atoms with E-state index in [0.29, 0.717) is 12.4 Å². The summed E-state index contributed by atoms with van der Waals surface area (Å²) in [4.78, 5) is 4.00. The number of aromatic nitrogens is 1. The average Bonchev–Trinajstić information content (AvgIpc) is 2.41. The molecule has 7 heteroatoms. The highest BCUT2D eigenvalue weighted by molar-refractivity contribution is 7.89. The first-order valence-corrected chi connectivity index (χ1v) is 7.58. The molecule has 0 aliphatic heterocycles. The monoisotopic (exact) mass is 292 g/mol. The van der Waals surface area contributed by atoms with Crippen LogP contribution in [-0.4, -0.2) is 19.9 Å². The minimum absolute atomic E-state index is 0.0126. The van der Waals surface area contributed by atoms with E-state index < -0.39 is 10.0 Å². The van der Waals surface area contributed by atoms with E-state index >= 15 is 0 Å². The first kappa shape index (κ1) is 14.4. The Morgan fingerprint density at radius 3 is 2.30 bits per heavy atom. The van der Waals surface area contributed by atoms with Crippen LogP contribution in [0.15, 0.2) is 47.5 Å². The van der Waals surface area contributed by atoms with Gasteiger partial charge in [0.1, 0.15) is 10.7 Å². The molecule has 0 bridgehead atoms. The summed E-state index contributed by atoms with van der Waals surface area (Å²) in [5, 5.41) is 8.08. The molecule has 106 valence electrons. The van der Waals surface area contributed by atoms with Crippen LogP contribution in [0.25, 0.3) is 0 Å². The van der Waals surface area contributed by atoms with Crippen LogP contribution in [0.4, 0.5) is 11.5 Å². The summed E-state index contributed by atoms with van der Waals surface area (Å²) in [5.74, 6) is 0.545. The van der Waals surface area contributed by atoms with Gasteiger partial charge in [0.05, 0.1) is 0 Å². The summed E-state index contributed by atoms with van der Waals surface area (Å²) in [7, 11) is -3.71. The van der Waals surface area contributed by atoms with E-state index in [9.17, 15) is 8.42 Å². The van der Waals surface area contributed by atoms with E-state index in [1.807, 2.05) is 24.3 Å². The molecule has 2 rings (SSSR count). The zero-order chi connectivity index (χ0) is 14.6. The molecule has 5 N–H and O–H groups in total. The SMILES string of the molecule is NCCc1ccc(Nc2ccc(S(N)(=O)=O)cn2)cc1. The van der Waals surface area contributed by atoms with Crippen LogP contribution in [0.5, 0.6) is 0 Å². The van der Waals surface area contributed by atoms with E-state index in [1.54, 1.807) is 6.07 Å². The van der Waals surface area contributed by atoms with Gasteiger partial charge in [-0.05, 0) is 42.8 Å². The second-order valence-corrected chi connectivity index (χ2v) is 5.85. The average molecular weight is 292 g/mol. The standard InChI is InChI=1S/C13H16N4O2S/c14-8-7-10-1-3-11(4-2-10)17-13-6-5-12(9-16-13)20(15,18)19/h1-6,9H,7-8,14H2,(H,16,17)(H2,15,18,19). The fourth-order valence-electron chi connectivity index (χ4n) is 1.69. The third kappa shape index (κ3) is 3.77. The Kier molecular flexibility index (Phi) is 4.33. The molecule has 0 radical (unpaired) electrons. The number of sulfonamides is 1. The molecule has 0 unspecified atom stereocenters. The highest BCUT2D eigenvalue weighted by atomic mass is 32.2. The molecule has 0 amide bonds. The number of rotatable bonds is 5. The van der Waals surface area contributed by atoms with Crippen molar-refractivity contribution in [3.63, 3.8) is 0 Å². The zero-order valence-corrected chi connectivity index (χ0v) is 11.6. The Morgan fingerprint density at radius 2 is 1.80 bits per heavy atom. The number of hydrogen-bond donors (Lipinski definition) is 3. The first-order valence-electron chi connectivity index (χ1n) is 6.04. The third-order valence-corrected chi connectivity index (χ3v) is 3.62. The van der Waals surface area contributed by atoms with Gasteiger partial charge in [-0.2, -0.15) is 0 Å². The lowest BCUT2D eigenvalue weighted by molar-refractivity contribution is 0.597. The second kappa shape index (κ2) is 6.00. The highest BCUT2D eigenvalue weighted by Crippen LogP contribution is 2.16. The van der Waals surface area contributed by atoms with Gasteiger partial charge in [0.25, 0.3) is 0 Å². The normalized spacial score (nSPS) is 11.3. The summed E-state index contributed by atoms with van der Waals surface area (Å²) in [6.07, 6.45) is 2.06. The molecule has 0 aliphatic rings. The van der Waals surface area contributed by atoms with Crippen LogP contribution in [0.2, 0.25) is 0 Å². The number of pyridine rings is 1. The fourth-order valence-corrected chi connectivity index (χ4v) is 2.15. The van der Waals surface area contributed by atoms with Crippen molar-refractivity contribution in [1.29, 1.82) is 0 Å². The van der Waals surface area contributed by atoms with Gasteiger partial charge in [-0.1, -0.05) is 12.1 Å². The van der Waals surface area contributed by atoms with Crippen LogP contribution >= 0.6 is 0 Å². The van der Waals surface area contributed by atoms with Crippen molar-refractivity contribution < 1.29 is 8.42 Å². The number of primary sulfonamides is 1. The number of hydrogen-bond acceptors (Lipinski definition) is 5. The Morgan fingerprint density at radius 1 is 1.10 bits per heavy atom. The number of anilines is 2. The van der Waals surface area contributed by atoms with E-state index in [0.717, 1.165) is 17.7 Å². The van der Waals surface area contributed by atoms with Gasteiger partial charge < -0.3 is 11.1 Å². The first-order chi connectivity index (χ1) is 9.49. The molecule has 1 aromatic heterocycles. The Balaban J connectivity index is 2.10. The second-order valence-electron chi connectivity index (χ2n) is 4.28. The summed E-state index contributed by atoms with van der Waals surface area (Å²) in [6, 6.07) is 10.8. The lowest BCUT2D eigenvalue weighted by Crippen LogP contribution is -2.12. The largest absolute Gasteiger partial charge is 0.340 e. The Bertz CT molecular complexity index is 667. The predicted molar refractivity (Wildman–Crippen MR) is 78.1 cm³/mol. The molecule has 0 spiro atoms. The van der Waals surface area contributed by atoms with Crippen molar-refractivity contribution in [1.82, 2.24) is 4.98 Å². The van der Waals surface area contributed by atoms with Crippen LogP contribution < -0.4 is 16.2 Å². The lowest BCUT2D eigenvalue weighted by atomic mass is 10.1. The van der Waals surface area contributed by atoms with E-state index in [1.165, 1.54) is 12.3 Å². The van der Waals surface area contributed by atoms with Crippen molar-refractivity contribution in [2.75, 3.05) is 11.9 Å². The predicted octanol–water partition coefficient (Wildman–Crippen LogP) is 0.974.